The van der Waals surface area contributed by atoms with Crippen LogP contribution < -0.4 is 4.57 Å². The van der Waals surface area contributed by atoms with Gasteiger partial charge in [0, 0.05) is 25.2 Å². The molecule has 2 heteroatoms. The minimum Gasteiger partial charge on any atom is -0.376 e. The number of rotatable bonds is 5. The molecule has 1 heterocycles. The van der Waals surface area contributed by atoms with Crippen LogP contribution in [0.4, 0.5) is 0 Å². The van der Waals surface area contributed by atoms with Crippen molar-refractivity contribution in [1.82, 2.24) is 0 Å². The predicted octanol–water partition coefficient (Wildman–Crippen LogP) is 2.57. The minimum atomic E-state index is -0.000109. The molecule has 0 unspecified atom stereocenters. The molecule has 15 heavy (non-hydrogen) atoms. The topological polar surface area (TPSA) is 13.1 Å². The molecule has 0 saturated heterocycles. The molecular weight excluding hydrogens is 186 g/mol. The van der Waals surface area contributed by atoms with Crippen LogP contribution in [0.1, 0.15) is 33.6 Å². The van der Waals surface area contributed by atoms with Crippen LogP contribution in [0.15, 0.2) is 30.6 Å². The van der Waals surface area contributed by atoms with Crippen molar-refractivity contribution in [3.63, 3.8) is 0 Å². The average Bonchev–Trinajstić information content (AvgIpc) is 2.17. The van der Waals surface area contributed by atoms with E-state index in [1.165, 1.54) is 6.42 Å². The third kappa shape index (κ3) is 6.24. The summed E-state index contributed by atoms with van der Waals surface area (Å²) in [7, 11) is 0. The zero-order valence-electron chi connectivity index (χ0n) is 10.1. The second kappa shape index (κ2) is 5.86. The molecule has 1 rings (SSSR count). The summed E-state index contributed by atoms with van der Waals surface area (Å²) in [6.07, 6.45) is 6.50. The lowest BCUT2D eigenvalue weighted by atomic mass is 10.2. The van der Waals surface area contributed by atoms with Crippen LogP contribution in [0.3, 0.4) is 0 Å². The van der Waals surface area contributed by atoms with Gasteiger partial charge in [0.1, 0.15) is 6.54 Å². The lowest BCUT2D eigenvalue weighted by molar-refractivity contribution is -0.697. The molecule has 2 nitrogen and oxygen atoms in total. The predicted molar refractivity (Wildman–Crippen MR) is 61.6 cm³/mol. The average molecular weight is 208 g/mol. The fraction of sp³-hybridized carbons (Fsp3) is 0.615. The molecule has 1 aromatic rings. The molecule has 0 aliphatic rings. The Balaban J connectivity index is 2.08. The summed E-state index contributed by atoms with van der Waals surface area (Å²) in [6.45, 7) is 8.22. The fourth-order valence-electron chi connectivity index (χ4n) is 1.36. The second-order valence-electron chi connectivity index (χ2n) is 4.78. The van der Waals surface area contributed by atoms with Gasteiger partial charge in [0.25, 0.3) is 0 Å². The van der Waals surface area contributed by atoms with Crippen LogP contribution in [0, 0.1) is 0 Å². The molecular formula is C13H22NO+. The van der Waals surface area contributed by atoms with Gasteiger partial charge in [0.05, 0.1) is 5.60 Å². The smallest absolute Gasteiger partial charge is 0.168 e. The van der Waals surface area contributed by atoms with Crippen molar-refractivity contribution in [2.75, 3.05) is 6.61 Å². The van der Waals surface area contributed by atoms with Crippen LogP contribution in [-0.4, -0.2) is 12.2 Å². The highest BCUT2D eigenvalue weighted by molar-refractivity contribution is 4.83. The number of hydrogen-bond donors (Lipinski definition) is 0. The van der Waals surface area contributed by atoms with Crippen LogP contribution in [0.2, 0.25) is 0 Å². The van der Waals surface area contributed by atoms with Gasteiger partial charge >= 0.3 is 0 Å². The molecule has 84 valence electrons. The molecule has 0 atom stereocenters. The largest absolute Gasteiger partial charge is 0.376 e. The first kappa shape index (κ1) is 12.2. The number of pyridine rings is 1. The first-order valence-corrected chi connectivity index (χ1v) is 5.66. The summed E-state index contributed by atoms with van der Waals surface area (Å²) in [6, 6.07) is 6.16. The Morgan fingerprint density at radius 2 is 1.67 bits per heavy atom. The Hall–Kier alpha value is -0.890. The Labute approximate surface area is 92.9 Å². The summed E-state index contributed by atoms with van der Waals surface area (Å²) >= 11 is 0. The molecule has 1 aromatic heterocycles. The third-order valence-corrected chi connectivity index (χ3v) is 2.12. The van der Waals surface area contributed by atoms with E-state index in [2.05, 4.69) is 49.9 Å². The highest BCUT2D eigenvalue weighted by Gasteiger charge is 2.09. The third-order valence-electron chi connectivity index (χ3n) is 2.12. The van der Waals surface area contributed by atoms with E-state index in [-0.39, 0.29) is 5.60 Å². The fourth-order valence-corrected chi connectivity index (χ4v) is 1.36. The van der Waals surface area contributed by atoms with Crippen LogP contribution >= 0.6 is 0 Å². The number of unbranched alkanes of at least 4 members (excludes halogenated alkanes) is 1. The monoisotopic (exact) mass is 208 g/mol. The second-order valence-corrected chi connectivity index (χ2v) is 4.78. The number of nitrogens with zero attached hydrogens (tertiary/aromatic N) is 1. The van der Waals surface area contributed by atoms with Gasteiger partial charge in [0.15, 0.2) is 12.4 Å². The van der Waals surface area contributed by atoms with Crippen molar-refractivity contribution in [3.8, 4) is 0 Å². The number of aromatic nitrogens is 1. The molecule has 0 bridgehead atoms. The lowest BCUT2D eigenvalue weighted by Gasteiger charge is -2.18. The van der Waals surface area contributed by atoms with Gasteiger partial charge in [0.2, 0.25) is 0 Å². The van der Waals surface area contributed by atoms with E-state index in [1.807, 2.05) is 6.07 Å². The van der Waals surface area contributed by atoms with E-state index in [9.17, 15) is 0 Å². The molecule has 0 fully saturated rings. The summed E-state index contributed by atoms with van der Waals surface area (Å²) in [5.41, 5.74) is -0.000109. The maximum absolute atomic E-state index is 5.66. The Kier molecular flexibility index (Phi) is 4.76. The first-order chi connectivity index (χ1) is 7.08. The summed E-state index contributed by atoms with van der Waals surface area (Å²) < 4.78 is 7.86. The van der Waals surface area contributed by atoms with E-state index in [1.54, 1.807) is 0 Å². The van der Waals surface area contributed by atoms with Crippen molar-refractivity contribution >= 4 is 0 Å². The molecule has 0 amide bonds. The van der Waals surface area contributed by atoms with Gasteiger partial charge < -0.3 is 4.74 Å². The van der Waals surface area contributed by atoms with Gasteiger partial charge in [-0.2, -0.15) is 0 Å². The molecule has 0 radical (unpaired) electrons. The maximum Gasteiger partial charge on any atom is 0.168 e. The SMILES string of the molecule is CC(C)(C)OCCCC[n+]1ccccc1. The van der Waals surface area contributed by atoms with Crippen LogP contribution in [0.5, 0.6) is 0 Å². The van der Waals surface area contributed by atoms with Crippen molar-refractivity contribution < 1.29 is 9.30 Å². The minimum absolute atomic E-state index is 0.000109. The van der Waals surface area contributed by atoms with E-state index >= 15 is 0 Å². The van der Waals surface area contributed by atoms with E-state index in [0.717, 1.165) is 19.6 Å². The first-order valence-electron chi connectivity index (χ1n) is 5.66. The van der Waals surface area contributed by atoms with Gasteiger partial charge in [-0.1, -0.05) is 6.07 Å². The molecule has 0 N–H and O–H groups in total. The van der Waals surface area contributed by atoms with Gasteiger partial charge in [-0.25, -0.2) is 4.57 Å². The lowest BCUT2D eigenvalue weighted by Crippen LogP contribution is -2.32. The zero-order chi connectivity index (χ0) is 11.1. The van der Waals surface area contributed by atoms with Crippen molar-refractivity contribution in [2.45, 2.75) is 45.8 Å². The van der Waals surface area contributed by atoms with Gasteiger partial charge in [-0.3, -0.25) is 0 Å². The molecule has 0 aliphatic heterocycles. The van der Waals surface area contributed by atoms with E-state index in [0.29, 0.717) is 0 Å². The van der Waals surface area contributed by atoms with E-state index in [4.69, 9.17) is 4.74 Å². The van der Waals surface area contributed by atoms with Crippen LogP contribution in [0.25, 0.3) is 0 Å². The number of aryl methyl sites for hydroxylation is 1. The normalized spacial score (nSPS) is 11.7. The quantitative estimate of drug-likeness (QED) is 0.535. The van der Waals surface area contributed by atoms with E-state index < -0.39 is 0 Å². The summed E-state index contributed by atoms with van der Waals surface area (Å²) in [4.78, 5) is 0. The van der Waals surface area contributed by atoms with Crippen molar-refractivity contribution in [2.24, 2.45) is 0 Å². The molecule has 0 aromatic carbocycles. The molecule has 0 aliphatic carbocycles. The summed E-state index contributed by atoms with van der Waals surface area (Å²) in [5.74, 6) is 0. The summed E-state index contributed by atoms with van der Waals surface area (Å²) in [5, 5.41) is 0. The molecule has 0 spiro atoms. The number of hydrogen-bond acceptors (Lipinski definition) is 1. The Morgan fingerprint density at radius 3 is 2.27 bits per heavy atom. The van der Waals surface area contributed by atoms with Gasteiger partial charge in [-0.15, -0.1) is 0 Å². The van der Waals surface area contributed by atoms with Crippen molar-refractivity contribution in [3.05, 3.63) is 30.6 Å². The Bertz CT molecular complexity index is 264. The number of ether oxygens (including phenoxy) is 1. The standard InChI is InChI=1S/C13H22NO/c1-13(2,3)15-12-8-7-11-14-9-5-4-6-10-14/h4-6,9-10H,7-8,11-12H2,1-3H3/q+1. The zero-order valence-corrected chi connectivity index (χ0v) is 10.1. The Morgan fingerprint density at radius 1 is 1.00 bits per heavy atom. The highest BCUT2D eigenvalue weighted by atomic mass is 16.5. The maximum atomic E-state index is 5.66. The highest BCUT2D eigenvalue weighted by Crippen LogP contribution is 2.07. The van der Waals surface area contributed by atoms with Gasteiger partial charge in [-0.05, 0) is 27.2 Å². The molecule has 0 saturated carbocycles. The van der Waals surface area contributed by atoms with Crippen molar-refractivity contribution in [1.29, 1.82) is 0 Å². The van der Waals surface area contributed by atoms with Crippen LogP contribution in [-0.2, 0) is 11.3 Å².